The number of carbonyl (C=O) groups is 1. The van der Waals surface area contributed by atoms with Crippen LogP contribution in [0.3, 0.4) is 0 Å². The normalized spacial score (nSPS) is 26.0. The average molecular weight is 1580 g/mol. The van der Waals surface area contributed by atoms with Gasteiger partial charge in [0.05, 0.1) is 26.4 Å². The molecule has 32 nitrogen and oxygen atoms in total. The molecule has 3 aromatic heterocycles. The fourth-order valence-electron chi connectivity index (χ4n) is 13.3. The number of hydrogen-bond donors (Lipinski definition) is 4. The van der Waals surface area contributed by atoms with Crippen LogP contribution in [0.5, 0.6) is 0 Å². The van der Waals surface area contributed by atoms with Gasteiger partial charge in [0.15, 0.2) is 18.7 Å². The van der Waals surface area contributed by atoms with Crippen molar-refractivity contribution in [2.24, 2.45) is 0 Å². The largest absolute Gasteiger partial charge is 0.368 e. The van der Waals surface area contributed by atoms with Gasteiger partial charge in [-0.05, 0) is 102 Å². The van der Waals surface area contributed by atoms with E-state index >= 15 is 0 Å². The third-order valence-corrected chi connectivity index (χ3v) is 25.6. The predicted molar refractivity (Wildman–Crippen MR) is 410 cm³/mol. The second-order valence-corrected chi connectivity index (χ2v) is 38.2. The lowest BCUT2D eigenvalue weighted by molar-refractivity contribution is -0.175. The smallest absolute Gasteiger partial charge is 0.330 e. The Morgan fingerprint density at radius 3 is 1.12 bits per heavy atom. The Morgan fingerprint density at radius 1 is 0.556 bits per heavy atom. The first kappa shape index (κ1) is 88.8. The van der Waals surface area contributed by atoms with Crippen molar-refractivity contribution in [3.63, 3.8) is 0 Å². The fourth-order valence-corrected chi connectivity index (χ4v) is 19.3. The highest BCUT2D eigenvalue weighted by Crippen LogP contribution is 2.59. The number of amides is 1. The molecule has 0 spiro atoms. The SMILES string of the molecule is [C-]#[N+]CCOP(O[C@@H]1C2OC[C@]1(CC)O[C@H]2n1cc(C#C)c(=O)[nH]c1=O)N(C(C)C)C(C)C.[C-]#[N+]CCOP(O[C@@H]1C2OC[C@]1(CC)O[C@H]2n1cc(C#CCNC(C)=O)c(=O)[nH]c1=O)N(C(C)C)C(C)C.[C-]#[N+]CCOP(O[C@@H]1C2OC[C@]1(CC)O[C@H]2n1cc(C#C[Si](C)(C)C)c(=O)[nH]c1=O)N(C(C)C)C(C)C. The number of nitrogens with one attached hydrogen (secondary N) is 4. The maximum absolute atomic E-state index is 12.9. The topological polar surface area (TPSA) is 327 Å². The Kier molecular flexibility index (Phi) is 32.2. The Morgan fingerprint density at radius 2 is 0.852 bits per heavy atom. The summed E-state index contributed by atoms with van der Waals surface area (Å²) in [6.07, 6.45) is 5.42. The maximum Gasteiger partial charge on any atom is 0.330 e. The van der Waals surface area contributed by atoms with Crippen LogP contribution in [-0.2, 0) is 60.4 Å². The van der Waals surface area contributed by atoms with Crippen LogP contribution >= 0.6 is 25.6 Å². The Balaban J connectivity index is 0.000000226. The maximum atomic E-state index is 12.9. The lowest BCUT2D eigenvalue weighted by Gasteiger charge is -2.38. The summed E-state index contributed by atoms with van der Waals surface area (Å²) in [6.45, 7) is 62.0. The molecular formula is C72H106N13O19P3Si. The Bertz CT molecular complexity index is 4260. The molecule has 36 heteroatoms. The van der Waals surface area contributed by atoms with E-state index in [9.17, 15) is 33.6 Å². The molecule has 6 unspecified atom stereocenters. The molecule has 592 valence electrons. The van der Waals surface area contributed by atoms with E-state index in [1.54, 1.807) is 0 Å². The second kappa shape index (κ2) is 39.2. The van der Waals surface area contributed by atoms with E-state index in [1.807, 2.05) is 20.8 Å². The number of aromatic nitrogens is 6. The number of hydrogen-bond acceptors (Lipinski definition) is 22. The van der Waals surface area contributed by atoms with E-state index in [2.05, 4.69) is 181 Å². The molecule has 6 aliphatic heterocycles. The van der Waals surface area contributed by atoms with E-state index in [-0.39, 0.29) is 111 Å². The number of rotatable bonds is 31. The van der Waals surface area contributed by atoms with Crippen molar-refractivity contribution in [1.82, 2.24) is 48.0 Å². The molecule has 0 radical (unpaired) electrons. The summed E-state index contributed by atoms with van der Waals surface area (Å²) >= 11 is 0. The molecule has 0 aromatic carbocycles. The number of fused-ring (bicyclic) bond motifs is 6. The molecule has 9 heterocycles. The molecule has 9 rings (SSSR count). The van der Waals surface area contributed by atoms with Crippen molar-refractivity contribution < 1.29 is 60.4 Å². The highest BCUT2D eigenvalue weighted by Gasteiger charge is 2.66. The highest BCUT2D eigenvalue weighted by molar-refractivity contribution is 7.45. The molecule has 3 aromatic rings. The molecule has 6 saturated heterocycles. The van der Waals surface area contributed by atoms with Gasteiger partial charge >= 0.3 is 17.1 Å². The molecule has 0 aliphatic carbocycles. The van der Waals surface area contributed by atoms with Crippen LogP contribution < -0.4 is 39.1 Å². The Hall–Kier alpha value is -6.43. The van der Waals surface area contributed by atoms with Crippen LogP contribution in [0.1, 0.15) is 165 Å². The van der Waals surface area contributed by atoms with Gasteiger partial charge in [0.1, 0.15) is 98.0 Å². The quantitative estimate of drug-likeness (QED) is 0.0159. The minimum atomic E-state index is -1.74. The fraction of sp³-hybridized carbons (Fsp3) is 0.694. The average Bonchev–Trinajstić information content (AvgIpc) is 1.58. The van der Waals surface area contributed by atoms with Crippen LogP contribution in [0, 0.1) is 55.4 Å². The van der Waals surface area contributed by atoms with Gasteiger partial charge < -0.3 is 75.4 Å². The van der Waals surface area contributed by atoms with Crippen molar-refractivity contribution in [3.05, 3.63) is 132 Å². The third kappa shape index (κ3) is 20.8. The first-order chi connectivity index (χ1) is 51.1. The summed E-state index contributed by atoms with van der Waals surface area (Å²) in [5, 5.41) is 2.53. The van der Waals surface area contributed by atoms with E-state index in [0.29, 0.717) is 32.5 Å². The van der Waals surface area contributed by atoms with Gasteiger partial charge in [-0.2, -0.15) is 0 Å². The summed E-state index contributed by atoms with van der Waals surface area (Å²) in [4.78, 5) is 103. The molecule has 6 bridgehead atoms. The number of H-pyrrole nitrogens is 3. The van der Waals surface area contributed by atoms with Crippen molar-refractivity contribution in [1.29, 1.82) is 0 Å². The molecule has 6 fully saturated rings. The zero-order chi connectivity index (χ0) is 79.9. The van der Waals surface area contributed by atoms with Gasteiger partial charge in [0.2, 0.25) is 25.5 Å². The van der Waals surface area contributed by atoms with Crippen LogP contribution in [0.15, 0.2) is 47.4 Å². The molecule has 0 saturated carbocycles. The second-order valence-electron chi connectivity index (χ2n) is 29.2. The van der Waals surface area contributed by atoms with E-state index in [1.165, 1.54) is 39.2 Å². The minimum Gasteiger partial charge on any atom is -0.368 e. The van der Waals surface area contributed by atoms with Crippen LogP contribution in [0.25, 0.3) is 14.5 Å². The van der Waals surface area contributed by atoms with Gasteiger partial charge in [-0.25, -0.2) is 48.1 Å². The molecule has 4 N–H and O–H groups in total. The minimum absolute atomic E-state index is 0.0273. The standard InChI is InChI=1S/C25H36N5O7P.C25H39N4O6PSi.C22H31N4O6P/c1-8-25-15-34-20(21(25)37-38(35-13-12-26-7)30(16(2)3)17(4)5)23(36-25)29-14-19(22(32)28-24(29)33)10-9-11-27-18(6)31;1-10-25-16-32-20(21(25)35-36(33-13-12-26-6)29(17(2)3)18(4)5)23(34-25)28-15-19(11-14-37(7,8)9)22(30)27-24(28)31;1-8-16-12-25(21(28)24-19(16)27)20-17-18(22(9-2,31-20)13-29-17)32-33(30-11-10-23-7)26(14(3)4)15(5)6/h14,16-17,20-21,23H,8,11-13,15H2,1-6H3,(H,27,31)(H,28,32,33);15,17-18,20-21,23H,10,12-13,16H2,1-5,7-9H3,(H,27,30,31);1,12,14-15,17-18,20H,9-11,13H2,2-6H3,(H,24,27,28)/t20?,21-,23-,25+,38?;20?,21-,23-,25+,36?;17?,18-,20-,22+,33?/m111/s1. The van der Waals surface area contributed by atoms with E-state index in [0.717, 1.165) is 0 Å². The lowest BCUT2D eigenvalue weighted by Crippen LogP contribution is -2.43. The molecule has 1 amide bonds. The van der Waals surface area contributed by atoms with Crippen molar-refractivity contribution >= 4 is 39.6 Å². The molecule has 15 atom stereocenters. The van der Waals surface area contributed by atoms with Crippen LogP contribution in [0.2, 0.25) is 19.6 Å². The van der Waals surface area contributed by atoms with Gasteiger partial charge in [0.25, 0.3) is 42.3 Å². The summed E-state index contributed by atoms with van der Waals surface area (Å²) in [5.74, 6) is 10.4. The predicted octanol–water partition coefficient (Wildman–Crippen LogP) is 7.54. The van der Waals surface area contributed by atoms with Crippen LogP contribution in [-0.4, -0.2) is 212 Å². The first-order valence-electron chi connectivity index (χ1n) is 36.4. The molecule has 6 aliphatic rings. The molecule has 108 heavy (non-hydrogen) atoms. The summed E-state index contributed by atoms with van der Waals surface area (Å²) in [5.41, 5.74) is -2.57. The van der Waals surface area contributed by atoms with Gasteiger partial charge in [-0.3, -0.25) is 47.8 Å². The monoisotopic (exact) mass is 1580 g/mol. The summed E-state index contributed by atoms with van der Waals surface area (Å²) < 4.78 is 86.0. The highest BCUT2D eigenvalue weighted by atomic mass is 31.2. The number of terminal acetylenes is 1. The van der Waals surface area contributed by atoms with E-state index < -0.39 is 140 Å². The lowest BCUT2D eigenvalue weighted by atomic mass is 9.96. The van der Waals surface area contributed by atoms with Crippen molar-refractivity contribution in [2.75, 3.05) is 65.8 Å². The summed E-state index contributed by atoms with van der Waals surface area (Å²) in [7, 11) is -6.38. The van der Waals surface area contributed by atoms with Crippen molar-refractivity contribution in [3.8, 4) is 35.6 Å². The van der Waals surface area contributed by atoms with E-state index in [4.69, 9.17) is 81.7 Å². The number of aromatic amines is 3. The zero-order valence-corrected chi connectivity index (χ0v) is 69.0. The number of ether oxygens (including phenoxy) is 6. The van der Waals surface area contributed by atoms with Crippen molar-refractivity contribution in [2.45, 2.75) is 258 Å². The first-order valence-corrected chi connectivity index (χ1v) is 43.3. The van der Waals surface area contributed by atoms with Gasteiger partial charge in [0, 0.05) is 61.8 Å². The van der Waals surface area contributed by atoms with Gasteiger partial charge in [-0.15, -0.1) is 12.0 Å². The number of nitrogens with zero attached hydrogens (tertiary/aromatic N) is 9. The molecular weight excluding hydrogens is 1470 g/mol. The summed E-state index contributed by atoms with van der Waals surface area (Å²) in [6, 6.07) is 0.787. The zero-order valence-electron chi connectivity index (χ0n) is 65.3. The van der Waals surface area contributed by atoms with Gasteiger partial charge in [-0.1, -0.05) is 64.1 Å². The third-order valence-electron chi connectivity index (χ3n) is 18.4. The van der Waals surface area contributed by atoms with Crippen LogP contribution in [0.4, 0.5) is 0 Å². The number of carbonyl (C=O) groups excluding carboxylic acids is 1. The Labute approximate surface area is 636 Å².